The number of carbonyl (C=O) groups excluding carboxylic acids is 2. The van der Waals surface area contributed by atoms with Gasteiger partial charge in [0.15, 0.2) is 11.6 Å². The molecule has 0 bridgehead atoms. The average molecular weight is 452 g/mol. The number of aryl methyl sites for hydroxylation is 2. The molecular formula is C23H22F2N6O2. The van der Waals surface area contributed by atoms with E-state index in [1.165, 1.54) is 24.0 Å². The van der Waals surface area contributed by atoms with Crippen molar-refractivity contribution in [3.63, 3.8) is 0 Å². The van der Waals surface area contributed by atoms with E-state index in [1.807, 2.05) is 6.92 Å². The van der Waals surface area contributed by atoms with Crippen molar-refractivity contribution >= 4 is 17.6 Å². The Kier molecular flexibility index (Phi) is 5.72. The van der Waals surface area contributed by atoms with Gasteiger partial charge in [0.1, 0.15) is 11.4 Å². The molecule has 0 saturated carbocycles. The predicted octanol–water partition coefficient (Wildman–Crippen LogP) is 2.82. The van der Waals surface area contributed by atoms with Gasteiger partial charge in [-0.25, -0.2) is 4.98 Å². The number of carbonyl (C=O) groups is 2. The number of aromatic nitrogens is 4. The molecular weight excluding hydrogens is 430 g/mol. The van der Waals surface area contributed by atoms with Crippen LogP contribution in [0.25, 0.3) is 0 Å². The van der Waals surface area contributed by atoms with Crippen LogP contribution >= 0.6 is 0 Å². The van der Waals surface area contributed by atoms with Crippen molar-refractivity contribution in [2.75, 3.05) is 12.4 Å². The number of anilines is 1. The Labute approximate surface area is 189 Å². The van der Waals surface area contributed by atoms with E-state index >= 15 is 0 Å². The van der Waals surface area contributed by atoms with Gasteiger partial charge in [-0.3, -0.25) is 14.3 Å². The van der Waals surface area contributed by atoms with Crippen LogP contribution in [-0.2, 0) is 19.5 Å². The van der Waals surface area contributed by atoms with Crippen LogP contribution in [-0.4, -0.2) is 38.2 Å². The molecule has 0 atom stereocenters. The van der Waals surface area contributed by atoms with Gasteiger partial charge < -0.3 is 15.2 Å². The number of halogens is 2. The van der Waals surface area contributed by atoms with Crippen molar-refractivity contribution in [3.8, 4) is 11.8 Å². The molecule has 0 fully saturated rings. The molecule has 0 saturated heterocycles. The third-order valence-electron chi connectivity index (χ3n) is 5.50. The first kappa shape index (κ1) is 22.2. The summed E-state index contributed by atoms with van der Waals surface area (Å²) in [5.41, 5.74) is 2.13. The molecule has 0 aliphatic carbocycles. The third-order valence-corrected chi connectivity index (χ3v) is 5.50. The molecule has 8 nitrogen and oxygen atoms in total. The number of imidazole rings is 1. The van der Waals surface area contributed by atoms with Crippen molar-refractivity contribution in [1.82, 2.24) is 24.6 Å². The van der Waals surface area contributed by atoms with Gasteiger partial charge in [-0.15, -0.1) is 0 Å². The molecule has 10 heteroatoms. The normalized spacial score (nSPS) is 14.1. The first-order valence-corrected chi connectivity index (χ1v) is 10.3. The van der Waals surface area contributed by atoms with E-state index in [9.17, 15) is 18.4 Å². The van der Waals surface area contributed by atoms with E-state index in [1.54, 1.807) is 29.8 Å². The minimum Gasteiger partial charge on any atom is -0.352 e. The topological polar surface area (TPSA) is 93.8 Å². The Morgan fingerprint density at radius 1 is 1.18 bits per heavy atom. The summed E-state index contributed by atoms with van der Waals surface area (Å²) in [7, 11) is 3.21. The maximum Gasteiger partial charge on any atom is 0.289 e. The highest BCUT2D eigenvalue weighted by atomic mass is 19.3. The molecule has 3 aromatic rings. The zero-order chi connectivity index (χ0) is 23.8. The molecule has 33 heavy (non-hydrogen) atoms. The maximum atomic E-state index is 14.1. The fourth-order valence-electron chi connectivity index (χ4n) is 3.59. The van der Waals surface area contributed by atoms with Crippen molar-refractivity contribution in [3.05, 3.63) is 64.4 Å². The molecule has 1 aromatic carbocycles. The van der Waals surface area contributed by atoms with E-state index in [2.05, 4.69) is 32.6 Å². The highest BCUT2D eigenvalue weighted by molar-refractivity contribution is 6.04. The van der Waals surface area contributed by atoms with Gasteiger partial charge in [0, 0.05) is 44.3 Å². The number of rotatable bonds is 3. The maximum absolute atomic E-state index is 14.1. The molecule has 4 rings (SSSR count). The molecule has 170 valence electrons. The van der Waals surface area contributed by atoms with Crippen LogP contribution in [0.2, 0.25) is 0 Å². The van der Waals surface area contributed by atoms with Crippen LogP contribution in [0.15, 0.2) is 30.5 Å². The first-order chi connectivity index (χ1) is 15.7. The smallest absolute Gasteiger partial charge is 0.289 e. The molecule has 0 unspecified atom stereocenters. The number of hydrogen-bond donors (Lipinski definition) is 2. The number of amides is 2. The minimum atomic E-state index is -2.95. The number of alkyl halides is 2. The Morgan fingerprint density at radius 2 is 1.97 bits per heavy atom. The Morgan fingerprint density at radius 3 is 2.70 bits per heavy atom. The zero-order valence-electron chi connectivity index (χ0n) is 18.4. The summed E-state index contributed by atoms with van der Waals surface area (Å²) in [6.07, 6.45) is 1.60. The quantitative estimate of drug-likeness (QED) is 0.598. The Hall–Kier alpha value is -4.00. The highest BCUT2D eigenvalue weighted by Gasteiger charge is 2.38. The SMILES string of the molecule is CNC(=O)c1ncc(C#Cc2cc(C(=O)Nc3cc4n(n3)CCCC4(F)F)ccc2C)n1C. The Bertz CT molecular complexity index is 1310. The van der Waals surface area contributed by atoms with Gasteiger partial charge in [0.25, 0.3) is 17.7 Å². The molecule has 1 aliphatic rings. The summed E-state index contributed by atoms with van der Waals surface area (Å²) in [4.78, 5) is 28.6. The summed E-state index contributed by atoms with van der Waals surface area (Å²) in [5.74, 6) is 2.55. The van der Waals surface area contributed by atoms with Gasteiger partial charge >= 0.3 is 0 Å². The summed E-state index contributed by atoms with van der Waals surface area (Å²) < 4.78 is 31.0. The van der Waals surface area contributed by atoms with Crippen molar-refractivity contribution in [2.24, 2.45) is 7.05 Å². The lowest BCUT2D eigenvalue weighted by molar-refractivity contribution is -0.0364. The summed E-state index contributed by atoms with van der Waals surface area (Å²) in [5, 5.41) is 9.20. The van der Waals surface area contributed by atoms with Crippen LogP contribution in [0.3, 0.4) is 0 Å². The standard InChI is InChI=1S/C23H22F2N6O2/c1-14-5-6-16(11-15(14)7-8-17-13-27-20(30(17)3)22(33)26-2)21(32)28-19-12-18-23(24,25)9-4-10-31(18)29-19/h5-6,11-13H,4,9-10H2,1-3H3,(H,26,33)(H,28,29,32). The van der Waals surface area contributed by atoms with Gasteiger partial charge in [0.05, 0.1) is 6.20 Å². The van der Waals surface area contributed by atoms with E-state index in [4.69, 9.17) is 0 Å². The van der Waals surface area contributed by atoms with Crippen LogP contribution in [0, 0.1) is 18.8 Å². The lowest BCUT2D eigenvalue weighted by Crippen LogP contribution is -2.25. The Balaban J connectivity index is 1.56. The second kappa shape index (κ2) is 8.50. The zero-order valence-corrected chi connectivity index (χ0v) is 18.4. The number of fused-ring (bicyclic) bond motifs is 1. The number of benzene rings is 1. The van der Waals surface area contributed by atoms with E-state index < -0.39 is 11.8 Å². The minimum absolute atomic E-state index is 0.0846. The van der Waals surface area contributed by atoms with Crippen LogP contribution in [0.5, 0.6) is 0 Å². The highest BCUT2D eigenvalue weighted by Crippen LogP contribution is 2.37. The van der Waals surface area contributed by atoms with Crippen LogP contribution in [0.4, 0.5) is 14.6 Å². The van der Waals surface area contributed by atoms with Crippen molar-refractivity contribution in [1.29, 1.82) is 0 Å². The summed E-state index contributed by atoms with van der Waals surface area (Å²) in [6, 6.07) is 6.23. The van der Waals surface area contributed by atoms with Crippen LogP contribution in [0.1, 0.15) is 56.3 Å². The predicted molar refractivity (Wildman–Crippen MR) is 117 cm³/mol. The molecule has 2 amide bonds. The fraction of sp³-hybridized carbons (Fsp3) is 0.304. The second-order valence-electron chi connectivity index (χ2n) is 7.78. The first-order valence-electron chi connectivity index (χ1n) is 10.3. The van der Waals surface area contributed by atoms with E-state index in [-0.39, 0.29) is 29.7 Å². The number of hydrogen-bond acceptors (Lipinski definition) is 4. The monoisotopic (exact) mass is 452 g/mol. The molecule has 2 aromatic heterocycles. The average Bonchev–Trinajstić information content (AvgIpc) is 3.36. The van der Waals surface area contributed by atoms with Gasteiger partial charge in [-0.2, -0.15) is 13.9 Å². The summed E-state index contributed by atoms with van der Waals surface area (Å²) in [6.45, 7) is 2.25. The second-order valence-corrected chi connectivity index (χ2v) is 7.78. The van der Waals surface area contributed by atoms with Crippen molar-refractivity contribution in [2.45, 2.75) is 32.2 Å². The fourth-order valence-corrected chi connectivity index (χ4v) is 3.59. The van der Waals surface area contributed by atoms with Crippen LogP contribution < -0.4 is 10.6 Å². The number of nitrogens with one attached hydrogen (secondary N) is 2. The molecule has 0 radical (unpaired) electrons. The molecule has 1 aliphatic heterocycles. The third kappa shape index (κ3) is 4.35. The lowest BCUT2D eigenvalue weighted by Gasteiger charge is -2.22. The molecule has 2 N–H and O–H groups in total. The summed E-state index contributed by atoms with van der Waals surface area (Å²) >= 11 is 0. The lowest BCUT2D eigenvalue weighted by atomic mass is 10.0. The van der Waals surface area contributed by atoms with E-state index in [0.717, 1.165) is 5.56 Å². The largest absolute Gasteiger partial charge is 0.352 e. The molecule has 3 heterocycles. The number of nitrogens with zero attached hydrogens (tertiary/aromatic N) is 4. The van der Waals surface area contributed by atoms with Gasteiger partial charge in [-0.1, -0.05) is 12.0 Å². The van der Waals surface area contributed by atoms with Crippen molar-refractivity contribution < 1.29 is 18.4 Å². The van der Waals surface area contributed by atoms with Gasteiger partial charge in [-0.05, 0) is 37.0 Å². The van der Waals surface area contributed by atoms with Gasteiger partial charge in [0.2, 0.25) is 0 Å². The van der Waals surface area contributed by atoms with E-state index in [0.29, 0.717) is 29.8 Å². The molecule has 0 spiro atoms.